The van der Waals surface area contributed by atoms with E-state index in [1.54, 1.807) is 0 Å². The van der Waals surface area contributed by atoms with Gasteiger partial charge in [-0.25, -0.2) is 8.42 Å². The lowest BCUT2D eigenvalue weighted by Gasteiger charge is -2.13. The smallest absolute Gasteiger partial charge is 0.263 e. The van der Waals surface area contributed by atoms with Gasteiger partial charge >= 0.3 is 0 Å². The summed E-state index contributed by atoms with van der Waals surface area (Å²) in [5.41, 5.74) is 1.81. The van der Waals surface area contributed by atoms with E-state index in [-0.39, 0.29) is 10.5 Å². The van der Waals surface area contributed by atoms with Crippen molar-refractivity contribution in [1.29, 1.82) is 0 Å². The normalized spacial score (nSPS) is 11.3. The number of benzene rings is 1. The Bertz CT molecular complexity index is 769. The Morgan fingerprint density at radius 3 is 2.25 bits per heavy atom. The van der Waals surface area contributed by atoms with Gasteiger partial charge in [0, 0.05) is 16.7 Å². The molecule has 20 heavy (non-hydrogen) atoms. The Hall–Kier alpha value is -1.60. The van der Waals surface area contributed by atoms with Crippen LogP contribution in [0.2, 0.25) is 0 Å². The van der Waals surface area contributed by atoms with Crippen LogP contribution in [0.1, 0.15) is 11.1 Å². The Labute approximate surface area is 125 Å². The number of halogens is 1. The Morgan fingerprint density at radius 2 is 1.75 bits per heavy atom. The van der Waals surface area contributed by atoms with Gasteiger partial charge in [0.2, 0.25) is 5.56 Å². The number of sulfonamides is 1. The van der Waals surface area contributed by atoms with Gasteiger partial charge in [-0.05, 0) is 43.2 Å². The molecule has 2 rings (SSSR count). The lowest BCUT2D eigenvalue weighted by atomic mass is 10.1. The van der Waals surface area contributed by atoms with Gasteiger partial charge in [0.15, 0.2) is 0 Å². The summed E-state index contributed by atoms with van der Waals surface area (Å²) < 4.78 is 28.0. The first kappa shape index (κ1) is 14.8. The molecule has 0 unspecified atom stereocenters. The Morgan fingerprint density at radius 1 is 1.15 bits per heavy atom. The first-order chi connectivity index (χ1) is 9.29. The number of aromatic nitrogens is 1. The molecule has 2 N–H and O–H groups in total. The monoisotopic (exact) mass is 356 g/mol. The number of aromatic amines is 1. The van der Waals surface area contributed by atoms with Crippen molar-refractivity contribution in [3.63, 3.8) is 0 Å². The van der Waals surface area contributed by atoms with E-state index in [0.29, 0.717) is 5.69 Å². The molecule has 0 saturated carbocycles. The molecule has 7 heteroatoms. The van der Waals surface area contributed by atoms with Crippen LogP contribution in [0.5, 0.6) is 0 Å². The largest absolute Gasteiger partial charge is 0.328 e. The molecule has 0 fully saturated rings. The molecule has 5 nitrogen and oxygen atoms in total. The van der Waals surface area contributed by atoms with Crippen molar-refractivity contribution in [3.05, 3.63) is 56.4 Å². The third-order valence-electron chi connectivity index (χ3n) is 2.80. The zero-order valence-corrected chi connectivity index (χ0v) is 13.3. The minimum Gasteiger partial charge on any atom is -0.328 e. The van der Waals surface area contributed by atoms with Crippen LogP contribution < -0.4 is 10.3 Å². The number of anilines is 1. The quantitative estimate of drug-likeness (QED) is 0.886. The van der Waals surface area contributed by atoms with Gasteiger partial charge in [-0.2, -0.15) is 0 Å². The third kappa shape index (κ3) is 3.10. The van der Waals surface area contributed by atoms with Crippen LogP contribution >= 0.6 is 15.9 Å². The number of pyridine rings is 1. The van der Waals surface area contributed by atoms with Crippen LogP contribution in [0.15, 0.2) is 44.6 Å². The van der Waals surface area contributed by atoms with Gasteiger partial charge in [-0.3, -0.25) is 9.52 Å². The average molecular weight is 357 g/mol. The molecule has 106 valence electrons. The van der Waals surface area contributed by atoms with Crippen molar-refractivity contribution < 1.29 is 8.42 Å². The first-order valence-corrected chi connectivity index (χ1v) is 8.05. The van der Waals surface area contributed by atoms with E-state index in [0.717, 1.165) is 15.6 Å². The molecule has 0 aliphatic carbocycles. The highest BCUT2D eigenvalue weighted by Gasteiger charge is 2.16. The molecule has 0 aliphatic heterocycles. The molecule has 0 radical (unpaired) electrons. The highest BCUT2D eigenvalue weighted by Crippen LogP contribution is 2.27. The van der Waals surface area contributed by atoms with Gasteiger partial charge in [-0.15, -0.1) is 0 Å². The molecule has 1 aromatic carbocycles. The molecule has 0 bridgehead atoms. The fourth-order valence-electron chi connectivity index (χ4n) is 1.83. The van der Waals surface area contributed by atoms with Crippen LogP contribution in [-0.4, -0.2) is 13.4 Å². The number of hydrogen-bond donors (Lipinski definition) is 2. The van der Waals surface area contributed by atoms with Gasteiger partial charge in [0.25, 0.3) is 10.0 Å². The predicted octanol–water partition coefficient (Wildman–Crippen LogP) is 2.56. The van der Waals surface area contributed by atoms with Crippen LogP contribution in [0.4, 0.5) is 5.69 Å². The number of rotatable bonds is 3. The Kier molecular flexibility index (Phi) is 4.01. The van der Waals surface area contributed by atoms with E-state index in [1.807, 2.05) is 26.0 Å². The third-order valence-corrected chi connectivity index (χ3v) is 4.61. The Balaban J connectivity index is 2.43. The van der Waals surface area contributed by atoms with E-state index in [2.05, 4.69) is 25.6 Å². The zero-order chi connectivity index (χ0) is 14.9. The summed E-state index contributed by atoms with van der Waals surface area (Å²) in [6, 6.07) is 6.11. The van der Waals surface area contributed by atoms with Crippen molar-refractivity contribution in [1.82, 2.24) is 4.98 Å². The molecule has 0 saturated heterocycles. The molecule has 1 heterocycles. The second kappa shape index (κ2) is 5.41. The molecule has 2 aromatic rings. The van der Waals surface area contributed by atoms with Crippen molar-refractivity contribution in [2.75, 3.05) is 4.72 Å². The van der Waals surface area contributed by atoms with Gasteiger partial charge in [-0.1, -0.05) is 15.9 Å². The van der Waals surface area contributed by atoms with Crippen LogP contribution in [0, 0.1) is 13.8 Å². The summed E-state index contributed by atoms with van der Waals surface area (Å²) >= 11 is 3.36. The van der Waals surface area contributed by atoms with Crippen LogP contribution in [0.25, 0.3) is 0 Å². The summed E-state index contributed by atoms with van der Waals surface area (Å²) in [6.45, 7) is 3.64. The van der Waals surface area contributed by atoms with Crippen molar-refractivity contribution in [2.45, 2.75) is 18.7 Å². The fraction of sp³-hybridized carbons (Fsp3) is 0.154. The predicted molar refractivity (Wildman–Crippen MR) is 81.5 cm³/mol. The van der Waals surface area contributed by atoms with Crippen molar-refractivity contribution in [3.8, 4) is 0 Å². The van der Waals surface area contributed by atoms with E-state index in [9.17, 15) is 13.2 Å². The summed E-state index contributed by atoms with van der Waals surface area (Å²) in [4.78, 5) is 13.3. The standard InChI is InChI=1S/C13H13BrN2O3S/c1-8-5-10(14)6-9(2)13(8)16-20(18,19)11-3-4-12(17)15-7-11/h3-7,16H,1-2H3,(H,15,17). The second-order valence-electron chi connectivity index (χ2n) is 4.41. The highest BCUT2D eigenvalue weighted by molar-refractivity contribution is 9.10. The molecule has 0 aliphatic rings. The maximum Gasteiger partial charge on any atom is 0.263 e. The SMILES string of the molecule is Cc1cc(Br)cc(C)c1NS(=O)(=O)c1ccc(=O)[nH]c1. The van der Waals surface area contributed by atoms with Crippen molar-refractivity contribution >= 4 is 31.6 Å². The summed E-state index contributed by atoms with van der Waals surface area (Å²) in [5, 5.41) is 0. The summed E-state index contributed by atoms with van der Waals surface area (Å²) in [6.07, 6.45) is 1.17. The van der Waals surface area contributed by atoms with E-state index in [1.165, 1.54) is 18.3 Å². The second-order valence-corrected chi connectivity index (χ2v) is 7.01. The lowest BCUT2D eigenvalue weighted by Crippen LogP contribution is -2.16. The van der Waals surface area contributed by atoms with Gasteiger partial charge in [0.05, 0.1) is 5.69 Å². The fourth-order valence-corrected chi connectivity index (χ4v) is 3.68. The first-order valence-electron chi connectivity index (χ1n) is 5.78. The maximum absolute atomic E-state index is 12.3. The molecular weight excluding hydrogens is 344 g/mol. The van der Waals surface area contributed by atoms with Crippen LogP contribution in [-0.2, 0) is 10.0 Å². The number of H-pyrrole nitrogens is 1. The minimum absolute atomic E-state index is 0.0128. The van der Waals surface area contributed by atoms with Gasteiger partial charge in [0.1, 0.15) is 4.90 Å². The van der Waals surface area contributed by atoms with E-state index >= 15 is 0 Å². The minimum atomic E-state index is -3.72. The van der Waals surface area contributed by atoms with E-state index < -0.39 is 10.0 Å². The van der Waals surface area contributed by atoms with E-state index in [4.69, 9.17) is 0 Å². The average Bonchev–Trinajstić information content (AvgIpc) is 2.34. The zero-order valence-electron chi connectivity index (χ0n) is 10.9. The molecule has 0 atom stereocenters. The molecule has 0 spiro atoms. The highest BCUT2D eigenvalue weighted by atomic mass is 79.9. The lowest BCUT2D eigenvalue weighted by molar-refractivity contribution is 0.600. The molecular formula is C13H13BrN2O3S. The summed E-state index contributed by atoms with van der Waals surface area (Å²) in [5.74, 6) is 0. The summed E-state index contributed by atoms with van der Waals surface area (Å²) in [7, 11) is -3.72. The van der Waals surface area contributed by atoms with Gasteiger partial charge < -0.3 is 4.98 Å². The van der Waals surface area contributed by atoms with Crippen molar-refractivity contribution in [2.24, 2.45) is 0 Å². The number of hydrogen-bond acceptors (Lipinski definition) is 3. The molecule has 1 aromatic heterocycles. The number of aryl methyl sites for hydroxylation is 2. The topological polar surface area (TPSA) is 79.0 Å². The maximum atomic E-state index is 12.3. The number of nitrogens with one attached hydrogen (secondary N) is 2. The van der Waals surface area contributed by atoms with Crippen LogP contribution in [0.3, 0.4) is 0 Å². The molecule has 0 amide bonds.